The highest BCUT2D eigenvalue weighted by Gasteiger charge is 2.56. The van der Waals surface area contributed by atoms with E-state index in [-0.39, 0.29) is 22.3 Å². The largest absolute Gasteiger partial charge is 0.379 e. The monoisotopic (exact) mass is 317 g/mol. The van der Waals surface area contributed by atoms with Gasteiger partial charge in [0.15, 0.2) is 0 Å². The molecule has 0 bridgehead atoms. The molecule has 2 heterocycles. The Bertz CT molecular complexity index is 629. The molecule has 2 aliphatic heterocycles. The number of morpholine rings is 1. The van der Waals surface area contributed by atoms with Gasteiger partial charge in [-0.3, -0.25) is 15.0 Å². The minimum atomic E-state index is -0.384. The summed E-state index contributed by atoms with van der Waals surface area (Å²) in [6.07, 6.45) is 3.15. The van der Waals surface area contributed by atoms with Crippen molar-refractivity contribution in [1.29, 1.82) is 0 Å². The number of hydrogen-bond donors (Lipinski definition) is 0. The molecule has 3 aliphatic rings. The molecule has 0 radical (unpaired) electrons. The number of non-ortho nitro benzene ring substituents is 1. The first-order chi connectivity index (χ1) is 11.2. The first-order valence-electron chi connectivity index (χ1n) is 8.00. The molecule has 1 saturated carbocycles. The first-order valence-corrected chi connectivity index (χ1v) is 8.00. The minimum Gasteiger partial charge on any atom is -0.379 e. The van der Waals surface area contributed by atoms with Crippen molar-refractivity contribution < 1.29 is 9.66 Å². The number of nitro groups is 1. The standard InChI is InChI=1S/C15H19N5O3/c21-20(22)13-5-3-12(4-6-13)19-15(18-8-10-23-11-9-18)7-1-2-14(15)16-17-19/h3-6,14H,1-2,7-11H2/t14-,15+/m1/s1. The lowest BCUT2D eigenvalue weighted by Crippen LogP contribution is -2.63. The second kappa shape index (κ2) is 5.54. The van der Waals surface area contributed by atoms with Gasteiger partial charge in [-0.2, -0.15) is 5.11 Å². The molecule has 1 aromatic carbocycles. The quantitative estimate of drug-likeness (QED) is 0.631. The van der Waals surface area contributed by atoms with E-state index in [1.165, 1.54) is 12.1 Å². The smallest absolute Gasteiger partial charge is 0.269 e. The SMILES string of the molecule is O=[N+]([O-])c1ccc(N2N=N[C@@H]3CCC[C@@]32N2CCOCC2)cc1. The molecule has 4 rings (SSSR count). The average molecular weight is 317 g/mol. The van der Waals surface area contributed by atoms with Crippen molar-refractivity contribution in [2.45, 2.75) is 31.0 Å². The van der Waals surface area contributed by atoms with Gasteiger partial charge in [0.25, 0.3) is 5.69 Å². The van der Waals surface area contributed by atoms with Crippen LogP contribution < -0.4 is 5.01 Å². The summed E-state index contributed by atoms with van der Waals surface area (Å²) in [5, 5.41) is 21.7. The van der Waals surface area contributed by atoms with E-state index in [9.17, 15) is 10.1 Å². The van der Waals surface area contributed by atoms with E-state index < -0.39 is 0 Å². The van der Waals surface area contributed by atoms with Crippen LogP contribution in [0, 0.1) is 10.1 Å². The summed E-state index contributed by atoms with van der Waals surface area (Å²) in [5.74, 6) is 0. The number of rotatable bonds is 3. The maximum atomic E-state index is 10.9. The minimum absolute atomic E-state index is 0.0910. The molecule has 0 aromatic heterocycles. The molecule has 2 atom stereocenters. The fourth-order valence-corrected chi connectivity index (χ4v) is 3.99. The van der Waals surface area contributed by atoms with E-state index in [1.54, 1.807) is 12.1 Å². The number of nitro benzene ring substituents is 1. The highest BCUT2D eigenvalue weighted by Crippen LogP contribution is 2.47. The Kier molecular flexibility index (Phi) is 3.50. The van der Waals surface area contributed by atoms with Crippen LogP contribution in [0.1, 0.15) is 19.3 Å². The van der Waals surface area contributed by atoms with Gasteiger partial charge in [0.05, 0.1) is 23.8 Å². The van der Waals surface area contributed by atoms with Crippen molar-refractivity contribution in [2.75, 3.05) is 31.3 Å². The molecular formula is C15H19N5O3. The second-order valence-electron chi connectivity index (χ2n) is 6.18. The van der Waals surface area contributed by atoms with Gasteiger partial charge in [0.1, 0.15) is 11.7 Å². The van der Waals surface area contributed by atoms with Crippen LogP contribution in [0.25, 0.3) is 0 Å². The van der Waals surface area contributed by atoms with Crippen LogP contribution in [0.5, 0.6) is 0 Å². The van der Waals surface area contributed by atoms with Crippen LogP contribution >= 0.6 is 0 Å². The Morgan fingerprint density at radius 2 is 2.00 bits per heavy atom. The van der Waals surface area contributed by atoms with Gasteiger partial charge in [-0.1, -0.05) is 5.22 Å². The molecule has 8 heteroatoms. The number of benzene rings is 1. The lowest BCUT2D eigenvalue weighted by atomic mass is 10.00. The van der Waals surface area contributed by atoms with Crippen molar-refractivity contribution in [3.05, 3.63) is 34.4 Å². The van der Waals surface area contributed by atoms with Crippen molar-refractivity contribution in [1.82, 2.24) is 4.90 Å². The summed E-state index contributed by atoms with van der Waals surface area (Å²) < 4.78 is 5.49. The summed E-state index contributed by atoms with van der Waals surface area (Å²) in [5.41, 5.74) is 0.712. The number of nitrogens with zero attached hydrogens (tertiary/aromatic N) is 5. The molecule has 0 amide bonds. The van der Waals surface area contributed by atoms with Crippen LogP contribution in [0.15, 0.2) is 34.6 Å². The maximum absolute atomic E-state index is 10.9. The molecule has 1 aliphatic carbocycles. The molecule has 0 spiro atoms. The Morgan fingerprint density at radius 1 is 1.26 bits per heavy atom. The highest BCUT2D eigenvalue weighted by molar-refractivity contribution is 5.53. The Labute approximate surface area is 133 Å². The van der Waals surface area contributed by atoms with Gasteiger partial charge in [0, 0.05) is 25.2 Å². The van der Waals surface area contributed by atoms with Crippen molar-refractivity contribution in [3.8, 4) is 0 Å². The molecule has 2 fully saturated rings. The number of fused-ring (bicyclic) bond motifs is 1. The maximum Gasteiger partial charge on any atom is 0.269 e. The molecule has 122 valence electrons. The van der Waals surface area contributed by atoms with E-state index in [2.05, 4.69) is 15.2 Å². The lowest BCUT2D eigenvalue weighted by molar-refractivity contribution is -0.384. The average Bonchev–Trinajstić information content (AvgIpc) is 3.15. The Morgan fingerprint density at radius 3 is 2.70 bits per heavy atom. The summed E-state index contributed by atoms with van der Waals surface area (Å²) in [4.78, 5) is 12.9. The predicted octanol–water partition coefficient (Wildman–Crippen LogP) is 2.36. The molecular weight excluding hydrogens is 298 g/mol. The molecule has 1 saturated heterocycles. The third-order valence-electron chi connectivity index (χ3n) is 5.07. The number of anilines is 1. The summed E-state index contributed by atoms with van der Waals surface area (Å²) >= 11 is 0. The normalized spacial score (nSPS) is 30.6. The zero-order valence-electron chi connectivity index (χ0n) is 12.8. The van der Waals surface area contributed by atoms with Crippen molar-refractivity contribution >= 4 is 11.4 Å². The summed E-state index contributed by atoms with van der Waals surface area (Å²) in [6, 6.07) is 6.75. The van der Waals surface area contributed by atoms with E-state index in [0.29, 0.717) is 0 Å². The van der Waals surface area contributed by atoms with Gasteiger partial charge in [-0.15, -0.1) is 0 Å². The molecule has 23 heavy (non-hydrogen) atoms. The van der Waals surface area contributed by atoms with Gasteiger partial charge in [-0.05, 0) is 31.4 Å². The van der Waals surface area contributed by atoms with Crippen LogP contribution in [-0.4, -0.2) is 47.8 Å². The lowest BCUT2D eigenvalue weighted by Gasteiger charge is -2.46. The Hall–Kier alpha value is -2.06. The molecule has 0 unspecified atom stereocenters. The van der Waals surface area contributed by atoms with E-state index in [4.69, 9.17) is 4.74 Å². The second-order valence-corrected chi connectivity index (χ2v) is 6.18. The predicted molar refractivity (Wildman–Crippen MR) is 83.2 cm³/mol. The zero-order chi connectivity index (χ0) is 15.9. The third kappa shape index (κ3) is 2.21. The number of ether oxygens (including phenoxy) is 1. The van der Waals surface area contributed by atoms with E-state index in [1.807, 2.05) is 5.01 Å². The van der Waals surface area contributed by atoms with Crippen molar-refractivity contribution in [3.63, 3.8) is 0 Å². The fraction of sp³-hybridized carbons (Fsp3) is 0.600. The van der Waals surface area contributed by atoms with Gasteiger partial charge < -0.3 is 4.74 Å². The van der Waals surface area contributed by atoms with E-state index >= 15 is 0 Å². The van der Waals surface area contributed by atoms with Crippen LogP contribution in [0.4, 0.5) is 11.4 Å². The van der Waals surface area contributed by atoms with E-state index in [0.717, 1.165) is 51.3 Å². The molecule has 8 nitrogen and oxygen atoms in total. The third-order valence-corrected chi connectivity index (χ3v) is 5.07. The number of hydrogen-bond acceptors (Lipinski definition) is 7. The topological polar surface area (TPSA) is 83.6 Å². The molecule has 0 N–H and O–H groups in total. The van der Waals surface area contributed by atoms with Gasteiger partial charge in [0.2, 0.25) is 0 Å². The summed E-state index contributed by atoms with van der Waals surface area (Å²) in [6.45, 7) is 3.18. The van der Waals surface area contributed by atoms with Crippen LogP contribution in [0.3, 0.4) is 0 Å². The summed E-state index contributed by atoms with van der Waals surface area (Å²) in [7, 11) is 0. The Balaban J connectivity index is 1.68. The first kappa shape index (κ1) is 14.5. The van der Waals surface area contributed by atoms with Crippen molar-refractivity contribution in [2.24, 2.45) is 10.3 Å². The highest BCUT2D eigenvalue weighted by atomic mass is 16.6. The zero-order valence-corrected chi connectivity index (χ0v) is 12.8. The van der Waals surface area contributed by atoms with Gasteiger partial charge >= 0.3 is 0 Å². The van der Waals surface area contributed by atoms with Crippen LogP contribution in [-0.2, 0) is 4.74 Å². The van der Waals surface area contributed by atoms with Crippen LogP contribution in [0.2, 0.25) is 0 Å². The molecule has 1 aromatic rings. The van der Waals surface area contributed by atoms with Gasteiger partial charge in [-0.25, -0.2) is 5.01 Å². The fourth-order valence-electron chi connectivity index (χ4n) is 3.99.